The molecule has 1 aliphatic carbocycles. The van der Waals surface area contributed by atoms with Crippen LogP contribution in [-0.4, -0.2) is 145 Å². The van der Waals surface area contributed by atoms with Crippen LogP contribution in [0.1, 0.15) is 46.4 Å². The summed E-state index contributed by atoms with van der Waals surface area (Å²) in [5.41, 5.74) is 2.49. The number of fused-ring (bicyclic) bond motifs is 2. The first-order valence-corrected chi connectivity index (χ1v) is 23.1. The molecule has 1 aromatic heterocycles. The van der Waals surface area contributed by atoms with E-state index in [2.05, 4.69) is 19.3 Å². The van der Waals surface area contributed by atoms with Crippen LogP contribution in [0.25, 0.3) is 33.4 Å². The molecular formula is C41H48N5O13S2+. The second-order valence-electron chi connectivity index (χ2n) is 15.3. The third-order valence-electron chi connectivity index (χ3n) is 11.1. The molecule has 0 unspecified atom stereocenters. The molecule has 3 aromatic rings. The number of hydrogen-bond acceptors (Lipinski definition) is 13. The molecule has 0 atom stereocenters. The number of carboxylic acid groups (broad SMARTS) is 1. The number of aromatic nitrogens is 1. The molecular weight excluding hydrogens is 835 g/mol. The standard InChI is InChI=1S/C41H47N5O13S2/c47-37-11-12-38(48)46(37)59-41(51)28-5-8-31(40(49)50)34(25-28)39-32-9-6-29(44-19-15-42(16-20-44)13-1-3-23-60(52,53)54)26-35(32)58-36-27-30(7-10-33(36)39)45-21-17-43(18-22-45)14-2-4-24-61(55,56)57/h5-12,25-27H,1-4,13-24H2,(H4-,47,48,49,50,52,53,54,55,56,57)/p+1. The Bertz CT molecular complexity index is 2680. The van der Waals surface area contributed by atoms with Crippen LogP contribution in [0.4, 0.5) is 5.69 Å². The number of nitrogens with zero attached hydrogens (tertiary/aromatic N) is 5. The highest BCUT2D eigenvalue weighted by Crippen LogP contribution is 2.42. The van der Waals surface area contributed by atoms with Gasteiger partial charge in [0.1, 0.15) is 11.3 Å². The molecule has 0 bridgehead atoms. The Labute approximate surface area is 351 Å². The molecule has 2 aromatic carbocycles. The van der Waals surface area contributed by atoms with E-state index in [0.29, 0.717) is 97.5 Å². The van der Waals surface area contributed by atoms with Crippen molar-refractivity contribution < 1.29 is 60.1 Å². The number of carbonyl (C=O) groups is 2. The highest BCUT2D eigenvalue weighted by atomic mass is 32.2. The van der Waals surface area contributed by atoms with Gasteiger partial charge in [-0.3, -0.25) is 18.9 Å². The van der Waals surface area contributed by atoms with Gasteiger partial charge in [0.25, 0.3) is 20.2 Å². The van der Waals surface area contributed by atoms with Gasteiger partial charge >= 0.3 is 11.9 Å². The van der Waals surface area contributed by atoms with Crippen LogP contribution in [0, 0.1) is 0 Å². The number of aromatic hydroxyl groups is 2. The smallest absolute Gasteiger partial charge is 0.363 e. The van der Waals surface area contributed by atoms with Crippen LogP contribution >= 0.6 is 0 Å². The third-order valence-corrected chi connectivity index (χ3v) is 12.8. The number of hydrogen-bond donors (Lipinski definition) is 5. The zero-order valence-electron chi connectivity index (χ0n) is 33.2. The molecule has 0 saturated carbocycles. The van der Waals surface area contributed by atoms with E-state index < -0.39 is 43.9 Å². The lowest BCUT2D eigenvalue weighted by atomic mass is 9.89. The van der Waals surface area contributed by atoms with Gasteiger partial charge in [-0.1, -0.05) is 0 Å². The minimum Gasteiger partial charge on any atom is -0.492 e. The maximum Gasteiger partial charge on any atom is 0.363 e. The van der Waals surface area contributed by atoms with E-state index in [0.717, 1.165) is 49.4 Å². The molecule has 18 nitrogen and oxygen atoms in total. The van der Waals surface area contributed by atoms with Gasteiger partial charge in [0.05, 0.1) is 41.8 Å². The molecule has 4 heterocycles. The molecule has 20 heteroatoms. The highest BCUT2D eigenvalue weighted by molar-refractivity contribution is 7.86. The van der Waals surface area contributed by atoms with Crippen molar-refractivity contribution in [1.82, 2.24) is 19.1 Å². The molecule has 2 saturated heterocycles. The summed E-state index contributed by atoms with van der Waals surface area (Å²) in [4.78, 5) is 38.2. The Morgan fingerprint density at radius 2 is 1.33 bits per heavy atom. The predicted octanol–water partition coefficient (Wildman–Crippen LogP) is 2.93. The average molecular weight is 883 g/mol. The maximum absolute atomic E-state index is 13.4. The highest BCUT2D eigenvalue weighted by Gasteiger charge is 2.27. The SMILES string of the molecule is O=C(On1c(O)ccc1O)c1ccc(C(=O)O)c(-c2c3ccc(=[N+]4CCN(CCCCS(=O)(=O)O)CC4)cc-3oc3cc(N4CCN(CCCCS(=O)(=O)O)CC4)ccc23)c1. The first kappa shape index (κ1) is 43.6. The van der Waals surface area contributed by atoms with Gasteiger partial charge in [0.2, 0.25) is 17.1 Å². The molecule has 5 N–H and O–H groups in total. The van der Waals surface area contributed by atoms with Gasteiger partial charge in [-0.2, -0.15) is 16.8 Å². The van der Waals surface area contributed by atoms with E-state index in [1.807, 2.05) is 36.4 Å². The van der Waals surface area contributed by atoms with E-state index in [9.17, 15) is 41.7 Å². The first-order chi connectivity index (χ1) is 29.0. The van der Waals surface area contributed by atoms with E-state index in [-0.39, 0.29) is 28.2 Å². The molecule has 0 radical (unpaired) electrons. The molecule has 0 amide bonds. The van der Waals surface area contributed by atoms with Crippen molar-refractivity contribution in [1.29, 1.82) is 0 Å². The minimum absolute atomic E-state index is 0.0467. The van der Waals surface area contributed by atoms with E-state index >= 15 is 0 Å². The van der Waals surface area contributed by atoms with Crippen molar-refractivity contribution in [2.45, 2.75) is 25.7 Å². The summed E-state index contributed by atoms with van der Waals surface area (Å²) in [5, 5.41) is 32.1. The van der Waals surface area contributed by atoms with Gasteiger partial charge in [-0.25, -0.2) is 14.2 Å². The Hall–Kier alpha value is -5.51. The largest absolute Gasteiger partial charge is 0.492 e. The molecule has 7 rings (SSSR count). The fourth-order valence-corrected chi connectivity index (χ4v) is 9.08. The van der Waals surface area contributed by atoms with Crippen LogP contribution in [0.3, 0.4) is 0 Å². The summed E-state index contributed by atoms with van der Waals surface area (Å²) in [7, 11) is -7.99. The number of carbonyl (C=O) groups excluding carboxylic acids is 1. The van der Waals surface area contributed by atoms with Crippen molar-refractivity contribution >= 4 is 48.8 Å². The normalized spacial score (nSPS) is 15.8. The second-order valence-corrected chi connectivity index (χ2v) is 18.4. The molecule has 326 valence electrons. The number of piperazine rings is 2. The lowest BCUT2D eigenvalue weighted by Gasteiger charge is -2.36. The van der Waals surface area contributed by atoms with Crippen LogP contribution in [0.5, 0.6) is 11.8 Å². The van der Waals surface area contributed by atoms with Crippen molar-refractivity contribution in [2.24, 2.45) is 0 Å². The fourth-order valence-electron chi connectivity index (χ4n) is 7.95. The van der Waals surface area contributed by atoms with Crippen LogP contribution in [-0.2, 0) is 20.2 Å². The van der Waals surface area contributed by atoms with Gasteiger partial charge in [-0.05, 0) is 80.7 Å². The summed E-state index contributed by atoms with van der Waals surface area (Å²) in [6.45, 7) is 7.05. The van der Waals surface area contributed by atoms with E-state index in [1.165, 1.54) is 18.2 Å². The zero-order valence-corrected chi connectivity index (χ0v) is 34.9. The Morgan fingerprint density at radius 3 is 1.93 bits per heavy atom. The number of anilines is 1. The van der Waals surface area contributed by atoms with Crippen LogP contribution in [0.15, 0.2) is 71.1 Å². The average Bonchev–Trinajstić information content (AvgIpc) is 3.54. The van der Waals surface area contributed by atoms with E-state index in [1.54, 1.807) is 0 Å². The van der Waals surface area contributed by atoms with Crippen LogP contribution < -0.4 is 19.7 Å². The number of carboxylic acids is 1. The summed E-state index contributed by atoms with van der Waals surface area (Å²) in [6, 6.07) is 17.7. The van der Waals surface area contributed by atoms with Gasteiger partial charge in [0, 0.05) is 72.6 Å². The summed E-state index contributed by atoms with van der Waals surface area (Å²) >= 11 is 0. The van der Waals surface area contributed by atoms with Gasteiger partial charge < -0.3 is 29.5 Å². The Morgan fingerprint density at radius 1 is 0.705 bits per heavy atom. The minimum atomic E-state index is -3.99. The van der Waals surface area contributed by atoms with Crippen molar-refractivity contribution in [3.05, 3.63) is 83.2 Å². The van der Waals surface area contributed by atoms with Crippen molar-refractivity contribution in [3.63, 3.8) is 0 Å². The Kier molecular flexibility index (Phi) is 13.0. The summed E-state index contributed by atoms with van der Waals surface area (Å²) < 4.78 is 72.0. The van der Waals surface area contributed by atoms with Gasteiger partial charge in [-0.15, -0.1) is 4.73 Å². The summed E-state index contributed by atoms with van der Waals surface area (Å²) in [5.74, 6) is -3.31. The van der Waals surface area contributed by atoms with E-state index in [4.69, 9.17) is 18.4 Å². The summed E-state index contributed by atoms with van der Waals surface area (Å²) in [6.07, 6.45) is 2.01. The number of rotatable bonds is 15. The quantitative estimate of drug-likeness (QED) is 0.0439. The third kappa shape index (κ3) is 10.7. The lowest BCUT2D eigenvalue weighted by Crippen LogP contribution is -2.48. The molecule has 3 aliphatic heterocycles. The molecule has 61 heavy (non-hydrogen) atoms. The topological polar surface area (TPSA) is 244 Å². The second kappa shape index (κ2) is 18.2. The monoisotopic (exact) mass is 882 g/mol. The van der Waals surface area contributed by atoms with Crippen LogP contribution in [0.2, 0.25) is 0 Å². The maximum atomic E-state index is 13.4. The number of benzene rings is 3. The Balaban J connectivity index is 1.24. The molecule has 0 spiro atoms. The fraction of sp³-hybridized carbons (Fsp3) is 0.390. The lowest BCUT2D eigenvalue weighted by molar-refractivity contribution is 0.0381. The zero-order chi connectivity index (χ0) is 43.5. The van der Waals surface area contributed by atoms with Gasteiger partial charge in [0.15, 0.2) is 13.1 Å². The van der Waals surface area contributed by atoms with Crippen molar-refractivity contribution in [3.8, 4) is 34.2 Å². The number of aromatic carboxylic acids is 1. The van der Waals surface area contributed by atoms with Crippen molar-refractivity contribution in [2.75, 3.05) is 81.9 Å². The number of unbranched alkanes of at least 4 members (excludes halogenated alkanes) is 2. The first-order valence-electron chi connectivity index (χ1n) is 19.9. The molecule has 4 aliphatic rings. The predicted molar refractivity (Wildman–Crippen MR) is 225 cm³/mol. The molecule has 2 fully saturated rings.